The molecule has 19 heavy (non-hydrogen) atoms. The molecule has 1 saturated heterocycles. The van der Waals surface area contributed by atoms with Gasteiger partial charge in [0.1, 0.15) is 6.04 Å². The van der Waals surface area contributed by atoms with Crippen molar-refractivity contribution in [3.05, 3.63) is 35.4 Å². The van der Waals surface area contributed by atoms with Gasteiger partial charge in [-0.1, -0.05) is 24.3 Å². The second-order valence-electron chi connectivity index (χ2n) is 4.81. The number of carbonyl (C=O) groups is 2. The summed E-state index contributed by atoms with van der Waals surface area (Å²) in [4.78, 5) is 25.3. The van der Waals surface area contributed by atoms with E-state index in [1.54, 1.807) is 4.90 Å². The summed E-state index contributed by atoms with van der Waals surface area (Å²) < 4.78 is 0. The average Bonchev–Trinajstić information content (AvgIpc) is 2.41. The van der Waals surface area contributed by atoms with E-state index in [0.29, 0.717) is 26.1 Å². The normalized spacial score (nSPS) is 19.2. The third-order valence-electron chi connectivity index (χ3n) is 3.50. The molecule has 1 aromatic rings. The van der Waals surface area contributed by atoms with Crippen molar-refractivity contribution in [3.63, 3.8) is 0 Å². The summed E-state index contributed by atoms with van der Waals surface area (Å²) in [5.41, 5.74) is 7.43. The van der Waals surface area contributed by atoms with Gasteiger partial charge in [0, 0.05) is 19.6 Å². The van der Waals surface area contributed by atoms with Crippen molar-refractivity contribution in [1.29, 1.82) is 0 Å². The molecule has 1 aliphatic rings. The standard InChI is InChI=1S/C14H19N3O2/c1-10-4-2-3-5-11(10)8-13(18)17-7-6-16-9-12(17)14(15)19/h2-5,12,16H,6-9H2,1H3,(H2,15,19). The number of nitrogens with one attached hydrogen (secondary N) is 1. The van der Waals surface area contributed by atoms with Gasteiger partial charge in [0.25, 0.3) is 0 Å². The van der Waals surface area contributed by atoms with Crippen LogP contribution in [0.4, 0.5) is 0 Å². The number of primary amides is 1. The molecule has 2 amide bonds. The highest BCUT2D eigenvalue weighted by molar-refractivity contribution is 5.88. The first-order valence-electron chi connectivity index (χ1n) is 6.43. The van der Waals surface area contributed by atoms with Gasteiger partial charge in [-0.15, -0.1) is 0 Å². The van der Waals surface area contributed by atoms with Crippen LogP contribution in [0.2, 0.25) is 0 Å². The minimum atomic E-state index is -0.537. The number of hydrogen-bond donors (Lipinski definition) is 2. The van der Waals surface area contributed by atoms with E-state index >= 15 is 0 Å². The Hall–Kier alpha value is -1.88. The highest BCUT2D eigenvalue weighted by Gasteiger charge is 2.30. The summed E-state index contributed by atoms with van der Waals surface area (Å²) in [5.74, 6) is -0.495. The van der Waals surface area contributed by atoms with Gasteiger partial charge in [-0.25, -0.2) is 0 Å². The molecular weight excluding hydrogens is 242 g/mol. The Morgan fingerprint density at radius 2 is 2.16 bits per heavy atom. The van der Waals surface area contributed by atoms with Crippen LogP contribution in [-0.2, 0) is 16.0 Å². The van der Waals surface area contributed by atoms with Crippen LogP contribution in [0, 0.1) is 6.92 Å². The second kappa shape index (κ2) is 5.84. The number of hydrogen-bond acceptors (Lipinski definition) is 3. The molecule has 3 N–H and O–H groups in total. The van der Waals surface area contributed by atoms with Crippen molar-refractivity contribution in [1.82, 2.24) is 10.2 Å². The molecule has 5 heteroatoms. The number of nitrogens with zero attached hydrogens (tertiary/aromatic N) is 1. The number of benzene rings is 1. The summed E-state index contributed by atoms with van der Waals surface area (Å²) in [5, 5.41) is 3.08. The van der Waals surface area contributed by atoms with E-state index in [9.17, 15) is 9.59 Å². The van der Waals surface area contributed by atoms with Crippen molar-refractivity contribution in [2.24, 2.45) is 5.73 Å². The highest BCUT2D eigenvalue weighted by atomic mass is 16.2. The van der Waals surface area contributed by atoms with Crippen LogP contribution in [-0.4, -0.2) is 42.4 Å². The van der Waals surface area contributed by atoms with Gasteiger partial charge in [-0.3, -0.25) is 9.59 Å². The molecule has 0 bridgehead atoms. The van der Waals surface area contributed by atoms with Crippen molar-refractivity contribution in [2.75, 3.05) is 19.6 Å². The van der Waals surface area contributed by atoms with Gasteiger partial charge in [0.05, 0.1) is 6.42 Å². The Kier molecular flexibility index (Phi) is 4.16. The molecule has 0 saturated carbocycles. The topological polar surface area (TPSA) is 75.4 Å². The molecule has 1 aliphatic heterocycles. The van der Waals surface area contributed by atoms with Gasteiger partial charge >= 0.3 is 0 Å². The van der Waals surface area contributed by atoms with Crippen molar-refractivity contribution < 1.29 is 9.59 Å². The summed E-state index contributed by atoms with van der Waals surface area (Å²) in [6.07, 6.45) is 0.316. The molecule has 0 aliphatic carbocycles. The first-order valence-corrected chi connectivity index (χ1v) is 6.43. The lowest BCUT2D eigenvalue weighted by Crippen LogP contribution is -2.59. The Morgan fingerprint density at radius 3 is 2.84 bits per heavy atom. The summed E-state index contributed by atoms with van der Waals surface area (Å²) in [6.45, 7) is 3.64. The zero-order chi connectivity index (χ0) is 13.8. The highest BCUT2D eigenvalue weighted by Crippen LogP contribution is 2.12. The number of piperazine rings is 1. The van der Waals surface area contributed by atoms with Gasteiger partial charge in [-0.05, 0) is 18.1 Å². The van der Waals surface area contributed by atoms with E-state index in [-0.39, 0.29) is 5.91 Å². The Labute approximate surface area is 112 Å². The largest absolute Gasteiger partial charge is 0.368 e. The van der Waals surface area contributed by atoms with E-state index in [4.69, 9.17) is 5.73 Å². The maximum atomic E-state index is 12.3. The Balaban J connectivity index is 2.10. The predicted molar refractivity (Wildman–Crippen MR) is 72.4 cm³/mol. The quantitative estimate of drug-likeness (QED) is 0.793. The van der Waals surface area contributed by atoms with Gasteiger partial charge < -0.3 is 16.0 Å². The summed E-state index contributed by atoms with van der Waals surface area (Å²) in [6, 6.07) is 7.24. The lowest BCUT2D eigenvalue weighted by atomic mass is 10.0. The monoisotopic (exact) mass is 261 g/mol. The van der Waals surface area contributed by atoms with Crippen LogP contribution >= 0.6 is 0 Å². The van der Waals surface area contributed by atoms with Crippen LogP contribution < -0.4 is 11.1 Å². The van der Waals surface area contributed by atoms with Crippen LogP contribution in [0.3, 0.4) is 0 Å². The third-order valence-corrected chi connectivity index (χ3v) is 3.50. The Bertz CT molecular complexity index is 487. The van der Waals surface area contributed by atoms with Gasteiger partial charge in [0.2, 0.25) is 11.8 Å². The molecule has 2 rings (SSSR count). The molecule has 0 spiro atoms. The SMILES string of the molecule is Cc1ccccc1CC(=O)N1CCNCC1C(N)=O. The van der Waals surface area contributed by atoms with Crippen LogP contribution in [0.25, 0.3) is 0 Å². The molecule has 1 heterocycles. The van der Waals surface area contributed by atoms with E-state index in [0.717, 1.165) is 11.1 Å². The molecule has 0 radical (unpaired) electrons. The lowest BCUT2D eigenvalue weighted by molar-refractivity contribution is -0.139. The number of aryl methyl sites for hydroxylation is 1. The fourth-order valence-corrected chi connectivity index (χ4v) is 2.33. The summed E-state index contributed by atoms with van der Waals surface area (Å²) >= 11 is 0. The molecule has 5 nitrogen and oxygen atoms in total. The second-order valence-corrected chi connectivity index (χ2v) is 4.81. The Morgan fingerprint density at radius 1 is 1.42 bits per heavy atom. The lowest BCUT2D eigenvalue weighted by Gasteiger charge is -2.34. The minimum absolute atomic E-state index is 0.0420. The number of nitrogens with two attached hydrogens (primary N) is 1. The van der Waals surface area contributed by atoms with E-state index in [2.05, 4.69) is 5.32 Å². The first-order chi connectivity index (χ1) is 9.09. The fourth-order valence-electron chi connectivity index (χ4n) is 2.33. The number of rotatable bonds is 3. The van der Waals surface area contributed by atoms with Crippen LogP contribution in [0.1, 0.15) is 11.1 Å². The zero-order valence-corrected chi connectivity index (χ0v) is 11.1. The molecular formula is C14H19N3O2. The molecule has 102 valence electrons. The van der Waals surface area contributed by atoms with Crippen LogP contribution in [0.5, 0.6) is 0 Å². The first kappa shape index (κ1) is 13.5. The molecule has 1 fully saturated rings. The van der Waals surface area contributed by atoms with E-state index in [1.165, 1.54) is 0 Å². The smallest absolute Gasteiger partial charge is 0.241 e. The maximum Gasteiger partial charge on any atom is 0.241 e. The molecule has 1 aromatic carbocycles. The molecule has 1 unspecified atom stereocenters. The van der Waals surface area contributed by atoms with Crippen molar-refractivity contribution in [3.8, 4) is 0 Å². The summed E-state index contributed by atoms with van der Waals surface area (Å²) in [7, 11) is 0. The fraction of sp³-hybridized carbons (Fsp3) is 0.429. The van der Waals surface area contributed by atoms with Crippen molar-refractivity contribution in [2.45, 2.75) is 19.4 Å². The number of carbonyl (C=O) groups excluding carboxylic acids is 2. The minimum Gasteiger partial charge on any atom is -0.368 e. The van der Waals surface area contributed by atoms with E-state index < -0.39 is 11.9 Å². The average molecular weight is 261 g/mol. The van der Waals surface area contributed by atoms with Gasteiger partial charge in [-0.2, -0.15) is 0 Å². The molecule has 0 aromatic heterocycles. The molecule has 1 atom stereocenters. The van der Waals surface area contributed by atoms with E-state index in [1.807, 2.05) is 31.2 Å². The zero-order valence-electron chi connectivity index (χ0n) is 11.1. The van der Waals surface area contributed by atoms with Crippen LogP contribution in [0.15, 0.2) is 24.3 Å². The number of amides is 2. The van der Waals surface area contributed by atoms with Gasteiger partial charge in [0.15, 0.2) is 0 Å². The van der Waals surface area contributed by atoms with Crippen molar-refractivity contribution >= 4 is 11.8 Å². The predicted octanol–water partition coefficient (Wildman–Crippen LogP) is -0.177. The third kappa shape index (κ3) is 3.12. The maximum absolute atomic E-state index is 12.3.